The molecule has 2 fully saturated rings. The molecule has 0 radical (unpaired) electrons. The van der Waals surface area contributed by atoms with Crippen LogP contribution >= 0.6 is 11.6 Å². The Labute approximate surface area is 208 Å². The van der Waals surface area contributed by atoms with Crippen molar-refractivity contribution < 1.29 is 13.2 Å². The summed E-state index contributed by atoms with van der Waals surface area (Å²) in [5.74, 6) is 0.145. The first-order valence-corrected chi connectivity index (χ1v) is 14.0. The number of hydrogen-bond acceptors (Lipinski definition) is 4. The van der Waals surface area contributed by atoms with Crippen LogP contribution in [0, 0.1) is 5.92 Å². The number of sulfonamides is 1. The van der Waals surface area contributed by atoms with Gasteiger partial charge in [0.1, 0.15) is 0 Å². The van der Waals surface area contributed by atoms with Crippen molar-refractivity contribution in [2.24, 2.45) is 5.92 Å². The third kappa shape index (κ3) is 6.19. The van der Waals surface area contributed by atoms with Gasteiger partial charge >= 0.3 is 0 Å². The van der Waals surface area contributed by atoms with E-state index in [0.29, 0.717) is 25.6 Å². The van der Waals surface area contributed by atoms with E-state index in [9.17, 15) is 13.2 Å². The van der Waals surface area contributed by atoms with E-state index < -0.39 is 10.0 Å². The van der Waals surface area contributed by atoms with Gasteiger partial charge in [-0.15, -0.1) is 0 Å². The lowest BCUT2D eigenvalue weighted by Gasteiger charge is -2.29. The van der Waals surface area contributed by atoms with Gasteiger partial charge in [-0.25, -0.2) is 8.42 Å². The number of carbonyl (C=O) groups is 1. The Balaban J connectivity index is 1.42. The minimum absolute atomic E-state index is 0.111. The second kappa shape index (κ2) is 11.2. The fourth-order valence-corrected chi connectivity index (χ4v) is 6.40. The number of amides is 1. The molecule has 2 saturated heterocycles. The minimum atomic E-state index is -3.66. The van der Waals surface area contributed by atoms with Crippen LogP contribution in [-0.2, 0) is 23.1 Å². The summed E-state index contributed by atoms with van der Waals surface area (Å²) in [6, 6.07) is 12.6. The molecule has 2 heterocycles. The van der Waals surface area contributed by atoms with Gasteiger partial charge in [-0.3, -0.25) is 9.69 Å². The molecule has 184 valence electrons. The fourth-order valence-electron chi connectivity index (χ4n) is 4.70. The Hall–Kier alpha value is -1.93. The SMILES string of the molecule is CC1CCN(S(=O)(=O)c2ccc(Cl)c(C(=O)NCc3cccc(CN4CCCCC4)c3)c2)CC1. The summed E-state index contributed by atoms with van der Waals surface area (Å²) >= 11 is 6.29. The van der Waals surface area contributed by atoms with Crippen molar-refractivity contribution in [3.05, 3.63) is 64.2 Å². The Morgan fingerprint density at radius 3 is 2.44 bits per heavy atom. The highest BCUT2D eigenvalue weighted by Gasteiger charge is 2.29. The van der Waals surface area contributed by atoms with Crippen molar-refractivity contribution >= 4 is 27.5 Å². The van der Waals surface area contributed by atoms with Gasteiger partial charge in [0.2, 0.25) is 10.0 Å². The van der Waals surface area contributed by atoms with Gasteiger partial charge in [0.15, 0.2) is 0 Å². The number of piperidine rings is 2. The summed E-state index contributed by atoms with van der Waals surface area (Å²) < 4.78 is 27.7. The van der Waals surface area contributed by atoms with Crippen LogP contribution in [0.5, 0.6) is 0 Å². The standard InChI is InChI=1S/C26H34ClN3O3S/c1-20-10-14-30(15-11-20)34(32,33)23-8-9-25(27)24(17-23)26(31)28-18-21-6-5-7-22(16-21)19-29-12-3-2-4-13-29/h5-9,16-17,20H,2-4,10-15,18-19H2,1H3,(H,28,31). The van der Waals surface area contributed by atoms with E-state index in [1.54, 1.807) is 0 Å². The number of carbonyl (C=O) groups excluding carboxylic acids is 1. The summed E-state index contributed by atoms with van der Waals surface area (Å²) in [4.78, 5) is 15.5. The lowest BCUT2D eigenvalue weighted by molar-refractivity contribution is 0.0951. The van der Waals surface area contributed by atoms with Gasteiger partial charge in [-0.2, -0.15) is 4.31 Å². The summed E-state index contributed by atoms with van der Waals surface area (Å²) in [5, 5.41) is 3.14. The first-order chi connectivity index (χ1) is 16.3. The molecular weight excluding hydrogens is 470 g/mol. The molecule has 0 aromatic heterocycles. The quantitative estimate of drug-likeness (QED) is 0.595. The molecule has 8 heteroatoms. The van der Waals surface area contributed by atoms with E-state index in [2.05, 4.69) is 29.3 Å². The van der Waals surface area contributed by atoms with Crippen LogP contribution in [0.2, 0.25) is 5.02 Å². The summed E-state index contributed by atoms with van der Waals surface area (Å²) in [6.45, 7) is 6.68. The largest absolute Gasteiger partial charge is 0.348 e. The molecule has 2 aromatic carbocycles. The molecule has 0 bridgehead atoms. The molecule has 0 atom stereocenters. The van der Waals surface area contributed by atoms with Gasteiger partial charge in [0.25, 0.3) is 5.91 Å². The topological polar surface area (TPSA) is 69.7 Å². The van der Waals surface area contributed by atoms with Crippen molar-refractivity contribution in [1.29, 1.82) is 0 Å². The lowest BCUT2D eigenvalue weighted by Crippen LogP contribution is -2.38. The van der Waals surface area contributed by atoms with Crippen LogP contribution in [0.1, 0.15) is 60.5 Å². The van der Waals surface area contributed by atoms with E-state index in [-0.39, 0.29) is 21.4 Å². The fraction of sp³-hybridized carbons (Fsp3) is 0.500. The van der Waals surface area contributed by atoms with Crippen molar-refractivity contribution in [1.82, 2.24) is 14.5 Å². The second-order valence-corrected chi connectivity index (χ2v) is 11.9. The average Bonchev–Trinajstić information content (AvgIpc) is 2.84. The van der Waals surface area contributed by atoms with E-state index >= 15 is 0 Å². The minimum Gasteiger partial charge on any atom is -0.348 e. The first-order valence-electron chi connectivity index (χ1n) is 12.2. The number of nitrogens with zero attached hydrogens (tertiary/aromatic N) is 2. The van der Waals surface area contributed by atoms with E-state index in [0.717, 1.165) is 38.0 Å². The maximum atomic E-state index is 13.1. The Morgan fingerprint density at radius 1 is 1.00 bits per heavy atom. The molecule has 0 aliphatic carbocycles. The van der Waals surface area contributed by atoms with Gasteiger partial charge in [-0.05, 0) is 74.0 Å². The second-order valence-electron chi connectivity index (χ2n) is 9.57. The predicted octanol–water partition coefficient (Wildman–Crippen LogP) is 4.68. The molecule has 0 spiro atoms. The van der Waals surface area contributed by atoms with Crippen LogP contribution in [-0.4, -0.2) is 49.7 Å². The average molecular weight is 504 g/mol. The maximum Gasteiger partial charge on any atom is 0.253 e. The number of rotatable bonds is 7. The monoisotopic (exact) mass is 503 g/mol. The third-order valence-corrected chi connectivity index (χ3v) is 9.09. The van der Waals surface area contributed by atoms with Gasteiger partial charge < -0.3 is 5.32 Å². The van der Waals surface area contributed by atoms with Crippen LogP contribution < -0.4 is 5.32 Å². The van der Waals surface area contributed by atoms with Gasteiger partial charge in [0.05, 0.1) is 15.5 Å². The zero-order valence-electron chi connectivity index (χ0n) is 19.8. The van der Waals surface area contributed by atoms with Crippen molar-refractivity contribution in [2.75, 3.05) is 26.2 Å². The molecule has 4 rings (SSSR count). The zero-order valence-corrected chi connectivity index (χ0v) is 21.4. The number of hydrogen-bond donors (Lipinski definition) is 1. The number of halogens is 1. The molecule has 1 amide bonds. The number of likely N-dealkylation sites (tertiary alicyclic amines) is 1. The van der Waals surface area contributed by atoms with Crippen molar-refractivity contribution in [2.45, 2.75) is 57.0 Å². The predicted molar refractivity (Wildman–Crippen MR) is 135 cm³/mol. The highest BCUT2D eigenvalue weighted by Crippen LogP contribution is 2.26. The van der Waals surface area contributed by atoms with Crippen LogP contribution in [0.15, 0.2) is 47.4 Å². The first kappa shape index (κ1) is 25.2. The third-order valence-electron chi connectivity index (χ3n) is 6.86. The van der Waals surface area contributed by atoms with E-state index in [1.165, 1.54) is 47.3 Å². The molecule has 34 heavy (non-hydrogen) atoms. The smallest absolute Gasteiger partial charge is 0.253 e. The molecule has 2 aliphatic rings. The highest BCUT2D eigenvalue weighted by molar-refractivity contribution is 7.89. The van der Waals surface area contributed by atoms with E-state index in [1.807, 2.05) is 12.1 Å². The Kier molecular flexibility index (Phi) is 8.30. The zero-order chi connectivity index (χ0) is 24.1. The summed E-state index contributed by atoms with van der Waals surface area (Å²) in [6.07, 6.45) is 5.50. The molecule has 2 aliphatic heterocycles. The van der Waals surface area contributed by atoms with Gasteiger partial charge in [-0.1, -0.05) is 49.2 Å². The van der Waals surface area contributed by atoms with Gasteiger partial charge in [0, 0.05) is 26.2 Å². The number of nitrogens with one attached hydrogen (secondary N) is 1. The molecule has 2 aromatic rings. The summed E-state index contributed by atoms with van der Waals surface area (Å²) in [5.41, 5.74) is 2.42. The van der Waals surface area contributed by atoms with E-state index in [4.69, 9.17) is 11.6 Å². The lowest BCUT2D eigenvalue weighted by atomic mass is 10.0. The molecular formula is C26H34ClN3O3S. The summed E-state index contributed by atoms with van der Waals surface area (Å²) in [7, 11) is -3.66. The molecule has 6 nitrogen and oxygen atoms in total. The maximum absolute atomic E-state index is 13.1. The highest BCUT2D eigenvalue weighted by atomic mass is 35.5. The molecule has 1 N–H and O–H groups in total. The Bertz CT molecular complexity index is 1110. The van der Waals surface area contributed by atoms with Crippen LogP contribution in [0.25, 0.3) is 0 Å². The normalized spacial score (nSPS) is 18.6. The number of benzene rings is 2. The van der Waals surface area contributed by atoms with Crippen molar-refractivity contribution in [3.63, 3.8) is 0 Å². The van der Waals surface area contributed by atoms with Crippen molar-refractivity contribution in [3.8, 4) is 0 Å². The molecule has 0 saturated carbocycles. The van der Waals surface area contributed by atoms with Crippen LogP contribution in [0.4, 0.5) is 0 Å². The Morgan fingerprint density at radius 2 is 1.71 bits per heavy atom. The molecule has 0 unspecified atom stereocenters. The van der Waals surface area contributed by atoms with Crippen LogP contribution in [0.3, 0.4) is 0 Å².